The molecule has 9 nitrogen and oxygen atoms in total. The van der Waals surface area contributed by atoms with Crippen LogP contribution in [0.2, 0.25) is 0 Å². The summed E-state index contributed by atoms with van der Waals surface area (Å²) < 4.78 is 33.9. The number of esters is 2. The fourth-order valence-corrected chi connectivity index (χ4v) is 6.95. The van der Waals surface area contributed by atoms with Crippen molar-refractivity contribution in [2.24, 2.45) is 0 Å². The molecule has 0 saturated carbocycles. The summed E-state index contributed by atoms with van der Waals surface area (Å²) >= 11 is 0. The van der Waals surface area contributed by atoms with Gasteiger partial charge in [0.1, 0.15) is 19.8 Å². The van der Waals surface area contributed by atoms with Crippen LogP contribution in [0.1, 0.15) is 194 Å². The largest absolute Gasteiger partial charge is 0.756 e. The Labute approximate surface area is 368 Å². The molecule has 0 aliphatic rings. The lowest BCUT2D eigenvalue weighted by Gasteiger charge is -2.28. The van der Waals surface area contributed by atoms with E-state index in [1.807, 2.05) is 21.1 Å². The van der Waals surface area contributed by atoms with Crippen LogP contribution >= 0.6 is 7.82 Å². The summed E-state index contributed by atoms with van der Waals surface area (Å²) in [6, 6.07) is 0. The molecule has 0 saturated heterocycles. The number of nitrogens with zero attached hydrogens (tertiary/aromatic N) is 1. The van der Waals surface area contributed by atoms with Gasteiger partial charge in [0.05, 0.1) is 27.7 Å². The normalized spacial score (nSPS) is 14.0. The first-order chi connectivity index (χ1) is 29.0. The van der Waals surface area contributed by atoms with Crippen molar-refractivity contribution in [3.05, 3.63) is 60.8 Å². The summed E-state index contributed by atoms with van der Waals surface area (Å²) in [4.78, 5) is 37.6. The van der Waals surface area contributed by atoms with Crippen molar-refractivity contribution < 1.29 is 42.1 Å². The number of phosphoric acid groups is 1. The number of likely N-dealkylation sites (N-methyl/N-ethyl adjacent to an activating group) is 1. The van der Waals surface area contributed by atoms with Crippen molar-refractivity contribution in [1.82, 2.24) is 0 Å². The van der Waals surface area contributed by atoms with Crippen LogP contribution in [0.3, 0.4) is 0 Å². The number of rotatable bonds is 43. The first-order valence-corrected chi connectivity index (χ1v) is 25.5. The lowest BCUT2D eigenvalue weighted by atomic mass is 10.1. The topological polar surface area (TPSA) is 111 Å². The third-order valence-electron chi connectivity index (χ3n) is 10.0. The Morgan fingerprint density at radius 3 is 1.40 bits per heavy atom. The number of ether oxygens (including phenoxy) is 2. The minimum Gasteiger partial charge on any atom is -0.756 e. The second-order valence-corrected chi connectivity index (χ2v) is 18.5. The molecule has 10 heteroatoms. The number of hydrogen-bond acceptors (Lipinski definition) is 8. The average Bonchev–Trinajstić information content (AvgIpc) is 3.20. The second-order valence-electron chi connectivity index (χ2n) is 17.1. The standard InChI is InChI=1S/C50H90NO8P/c1-6-8-10-12-14-16-18-20-22-24-25-27-29-31-33-35-37-39-41-43-50(53)59-48(47-58-60(54,55)57-45-44-51(3,4)5)46-56-49(52)42-40-38-36-34-32-30-28-26-23-21-19-17-15-13-11-9-7-2/h14,16,20-23,25,27,31,33,48H,6-13,15,17-19,24,26,28-30,32,34-47H2,1-5H3/b16-14+,22-20+,23-21+,27-25+,33-31+/t48-/m1/s1. The lowest BCUT2D eigenvalue weighted by Crippen LogP contribution is -2.37. The molecule has 0 aromatic carbocycles. The van der Waals surface area contributed by atoms with Crippen LogP contribution in [0.15, 0.2) is 60.8 Å². The van der Waals surface area contributed by atoms with Gasteiger partial charge in [0.25, 0.3) is 7.82 Å². The molecule has 348 valence electrons. The monoisotopic (exact) mass is 864 g/mol. The predicted octanol–water partition coefficient (Wildman–Crippen LogP) is 13.4. The Morgan fingerprint density at radius 1 is 0.517 bits per heavy atom. The minimum absolute atomic E-state index is 0.0402. The molecular formula is C50H90NO8P. The molecule has 0 N–H and O–H groups in total. The fourth-order valence-electron chi connectivity index (χ4n) is 6.22. The maximum atomic E-state index is 12.7. The van der Waals surface area contributed by atoms with Gasteiger partial charge in [-0.15, -0.1) is 0 Å². The summed E-state index contributed by atoms with van der Waals surface area (Å²) in [5.74, 6) is -0.876. The van der Waals surface area contributed by atoms with Gasteiger partial charge in [-0.05, 0) is 83.5 Å². The zero-order chi connectivity index (χ0) is 44.3. The molecule has 60 heavy (non-hydrogen) atoms. The Bertz CT molecular complexity index is 1210. The van der Waals surface area contributed by atoms with Crippen molar-refractivity contribution in [2.75, 3.05) is 47.5 Å². The second kappa shape index (κ2) is 42.0. The molecule has 0 rings (SSSR count). The summed E-state index contributed by atoms with van der Waals surface area (Å²) in [6.07, 6.45) is 51.0. The van der Waals surface area contributed by atoms with Crippen LogP contribution in [-0.2, 0) is 32.7 Å². The number of unbranched alkanes of at least 4 members (excludes halogenated alkanes) is 19. The summed E-state index contributed by atoms with van der Waals surface area (Å²) in [5.41, 5.74) is 0. The molecule has 0 bridgehead atoms. The molecule has 0 aliphatic carbocycles. The molecule has 0 aliphatic heterocycles. The molecule has 0 radical (unpaired) electrons. The Hall–Kier alpha value is -2.29. The highest BCUT2D eigenvalue weighted by Gasteiger charge is 2.21. The number of allylic oxidation sites excluding steroid dienone is 10. The molecule has 0 spiro atoms. The molecule has 2 atom stereocenters. The maximum Gasteiger partial charge on any atom is 0.306 e. The Kier molecular flexibility index (Phi) is 40.4. The highest BCUT2D eigenvalue weighted by Crippen LogP contribution is 2.38. The van der Waals surface area contributed by atoms with Gasteiger partial charge in [0, 0.05) is 12.8 Å². The van der Waals surface area contributed by atoms with Crippen molar-refractivity contribution in [1.29, 1.82) is 0 Å². The van der Waals surface area contributed by atoms with Crippen molar-refractivity contribution in [3.63, 3.8) is 0 Å². The van der Waals surface area contributed by atoms with Crippen molar-refractivity contribution in [3.8, 4) is 0 Å². The molecule has 1 unspecified atom stereocenters. The molecular weight excluding hydrogens is 774 g/mol. The number of phosphoric ester groups is 1. The Balaban J connectivity index is 4.39. The van der Waals surface area contributed by atoms with Gasteiger partial charge in [-0.25, -0.2) is 0 Å². The predicted molar refractivity (Wildman–Crippen MR) is 250 cm³/mol. The van der Waals surface area contributed by atoms with E-state index in [-0.39, 0.29) is 26.1 Å². The third-order valence-corrected chi connectivity index (χ3v) is 11.0. The maximum absolute atomic E-state index is 12.7. The van der Waals surface area contributed by atoms with E-state index in [9.17, 15) is 19.0 Å². The van der Waals surface area contributed by atoms with E-state index in [0.29, 0.717) is 17.4 Å². The van der Waals surface area contributed by atoms with Gasteiger partial charge in [-0.2, -0.15) is 0 Å². The molecule has 0 amide bonds. The van der Waals surface area contributed by atoms with Gasteiger partial charge in [0.15, 0.2) is 6.10 Å². The molecule has 0 heterocycles. The highest BCUT2D eigenvalue weighted by molar-refractivity contribution is 7.45. The number of carbonyl (C=O) groups excluding carboxylic acids is 2. The molecule has 0 fully saturated rings. The van der Waals surface area contributed by atoms with E-state index >= 15 is 0 Å². The zero-order valence-electron chi connectivity index (χ0n) is 39.1. The van der Waals surface area contributed by atoms with E-state index in [1.165, 1.54) is 89.9 Å². The van der Waals surface area contributed by atoms with Gasteiger partial charge < -0.3 is 27.9 Å². The van der Waals surface area contributed by atoms with Gasteiger partial charge in [-0.3, -0.25) is 14.2 Å². The summed E-state index contributed by atoms with van der Waals surface area (Å²) in [7, 11) is 1.13. The quantitative estimate of drug-likeness (QED) is 0.0196. The first-order valence-electron chi connectivity index (χ1n) is 24.0. The zero-order valence-corrected chi connectivity index (χ0v) is 40.0. The first kappa shape index (κ1) is 57.7. The van der Waals surface area contributed by atoms with E-state index < -0.39 is 32.5 Å². The number of hydrogen-bond donors (Lipinski definition) is 0. The summed E-state index contributed by atoms with van der Waals surface area (Å²) in [6.45, 7) is 4.15. The lowest BCUT2D eigenvalue weighted by molar-refractivity contribution is -0.870. The smallest absolute Gasteiger partial charge is 0.306 e. The van der Waals surface area contributed by atoms with Crippen molar-refractivity contribution in [2.45, 2.75) is 200 Å². The third kappa shape index (κ3) is 45.2. The van der Waals surface area contributed by atoms with Crippen molar-refractivity contribution >= 4 is 19.8 Å². The van der Waals surface area contributed by atoms with Crippen LogP contribution in [0.5, 0.6) is 0 Å². The van der Waals surface area contributed by atoms with Crippen LogP contribution < -0.4 is 4.89 Å². The SMILES string of the molecule is CCCCC/C=C/C/C=C/C/C=C/C/C=C/CCCCCC(=O)O[C@H](COC(=O)CCCCCCCCC/C=C/CCCCCCCC)COP(=O)([O-])OCC[N+](C)(C)C. The highest BCUT2D eigenvalue weighted by atomic mass is 31.2. The van der Waals surface area contributed by atoms with Crippen LogP contribution in [-0.4, -0.2) is 70.0 Å². The van der Waals surface area contributed by atoms with Gasteiger partial charge in [-0.1, -0.05) is 158 Å². The van der Waals surface area contributed by atoms with Crippen LogP contribution in [0, 0.1) is 0 Å². The fraction of sp³-hybridized carbons (Fsp3) is 0.760. The van der Waals surface area contributed by atoms with E-state index in [1.54, 1.807) is 0 Å². The minimum atomic E-state index is -4.64. The van der Waals surface area contributed by atoms with E-state index in [0.717, 1.165) is 70.6 Å². The van der Waals surface area contributed by atoms with E-state index in [4.69, 9.17) is 18.5 Å². The summed E-state index contributed by atoms with van der Waals surface area (Å²) in [5, 5.41) is 0. The molecule has 0 aromatic rings. The molecule has 0 aromatic heterocycles. The van der Waals surface area contributed by atoms with Gasteiger partial charge >= 0.3 is 11.9 Å². The Morgan fingerprint density at radius 2 is 0.900 bits per heavy atom. The van der Waals surface area contributed by atoms with Gasteiger partial charge in [0.2, 0.25) is 0 Å². The number of quaternary nitrogens is 1. The number of carbonyl (C=O) groups is 2. The average molecular weight is 864 g/mol. The van der Waals surface area contributed by atoms with Crippen LogP contribution in [0.4, 0.5) is 0 Å². The van der Waals surface area contributed by atoms with Crippen LogP contribution in [0.25, 0.3) is 0 Å². The van der Waals surface area contributed by atoms with E-state index in [2.05, 4.69) is 74.6 Å².